The predicted octanol–water partition coefficient (Wildman–Crippen LogP) is 2.75. The van der Waals surface area contributed by atoms with Gasteiger partial charge in [-0.15, -0.1) is 0 Å². The number of halogens is 1. The summed E-state index contributed by atoms with van der Waals surface area (Å²) in [6.07, 6.45) is 5.27. The van der Waals surface area contributed by atoms with E-state index in [0.29, 0.717) is 11.6 Å². The molecule has 1 unspecified atom stereocenters. The Bertz CT molecular complexity index is 736. The van der Waals surface area contributed by atoms with Crippen molar-refractivity contribution in [1.29, 1.82) is 0 Å². The molecule has 24 heavy (non-hydrogen) atoms. The summed E-state index contributed by atoms with van der Waals surface area (Å²) in [5.74, 6) is 1.91. The van der Waals surface area contributed by atoms with Gasteiger partial charge >= 0.3 is 0 Å². The number of imidazole rings is 1. The molecule has 3 aliphatic heterocycles. The van der Waals surface area contributed by atoms with Crippen molar-refractivity contribution in [3.63, 3.8) is 0 Å². The number of carbonyl (C=O) groups excluding carboxylic acids is 1. The Balaban J connectivity index is 1.25. The van der Waals surface area contributed by atoms with Crippen LogP contribution in [0.25, 0.3) is 11.0 Å². The average Bonchev–Trinajstić information content (AvgIpc) is 3.01. The monoisotopic (exact) mass is 346 g/mol. The van der Waals surface area contributed by atoms with Gasteiger partial charge in [-0.05, 0) is 62.9 Å². The molecule has 2 aromatic rings. The molecule has 1 amide bonds. The average molecular weight is 347 g/mol. The zero-order valence-electron chi connectivity index (χ0n) is 13.7. The summed E-state index contributed by atoms with van der Waals surface area (Å²) >= 11 is 5.99. The van der Waals surface area contributed by atoms with E-state index in [9.17, 15) is 4.79 Å². The SMILES string of the molecule is O=C(NCCCc1nc2ccc(Cl)cc2[nH]1)C1CC2CCN1CC2. The van der Waals surface area contributed by atoms with Crippen molar-refractivity contribution in [2.24, 2.45) is 5.92 Å². The summed E-state index contributed by atoms with van der Waals surface area (Å²) in [6, 6.07) is 5.77. The smallest absolute Gasteiger partial charge is 0.237 e. The Morgan fingerprint density at radius 3 is 2.96 bits per heavy atom. The van der Waals surface area contributed by atoms with Crippen LogP contribution < -0.4 is 5.32 Å². The van der Waals surface area contributed by atoms with Crippen molar-refractivity contribution < 1.29 is 4.79 Å². The summed E-state index contributed by atoms with van der Waals surface area (Å²) in [6.45, 7) is 2.88. The fourth-order valence-corrected chi connectivity index (χ4v) is 4.15. The number of amides is 1. The number of nitrogens with one attached hydrogen (secondary N) is 2. The quantitative estimate of drug-likeness (QED) is 0.818. The molecule has 3 saturated heterocycles. The molecule has 1 atom stereocenters. The Morgan fingerprint density at radius 2 is 2.21 bits per heavy atom. The van der Waals surface area contributed by atoms with E-state index < -0.39 is 0 Å². The highest BCUT2D eigenvalue weighted by Crippen LogP contribution is 2.31. The van der Waals surface area contributed by atoms with Gasteiger partial charge in [0.15, 0.2) is 0 Å². The summed E-state index contributed by atoms with van der Waals surface area (Å²) in [5.41, 5.74) is 1.90. The number of nitrogens with zero attached hydrogens (tertiary/aromatic N) is 2. The molecule has 3 fully saturated rings. The van der Waals surface area contributed by atoms with Gasteiger partial charge in [-0.3, -0.25) is 9.69 Å². The van der Waals surface area contributed by atoms with E-state index in [1.165, 1.54) is 12.8 Å². The van der Waals surface area contributed by atoms with Crippen LogP contribution in [-0.2, 0) is 11.2 Å². The number of piperidine rings is 3. The normalized spacial score (nSPS) is 26.0. The highest BCUT2D eigenvalue weighted by Gasteiger charge is 2.37. The molecular weight excluding hydrogens is 324 g/mol. The van der Waals surface area contributed by atoms with Crippen LogP contribution in [0.2, 0.25) is 5.02 Å². The minimum atomic E-state index is 0.103. The highest BCUT2D eigenvalue weighted by atomic mass is 35.5. The molecule has 4 heterocycles. The Labute approximate surface area is 146 Å². The van der Waals surface area contributed by atoms with Crippen molar-refractivity contribution >= 4 is 28.5 Å². The zero-order chi connectivity index (χ0) is 16.5. The lowest BCUT2D eigenvalue weighted by atomic mass is 9.83. The number of carbonyl (C=O) groups is 1. The number of hydrogen-bond acceptors (Lipinski definition) is 3. The van der Waals surface area contributed by atoms with Gasteiger partial charge in [-0.25, -0.2) is 4.98 Å². The standard InChI is InChI=1S/C18H23ClN4O/c19-13-3-4-14-15(11-13)22-17(21-14)2-1-7-20-18(24)16-10-12-5-8-23(16)9-6-12/h3-4,11-12,16H,1-2,5-10H2,(H,20,24)(H,21,22). The molecule has 6 heteroatoms. The van der Waals surface area contributed by atoms with Gasteiger partial charge in [-0.1, -0.05) is 11.6 Å². The second-order valence-corrected chi connectivity index (χ2v) is 7.41. The molecule has 2 bridgehead atoms. The first-order valence-electron chi connectivity index (χ1n) is 8.85. The van der Waals surface area contributed by atoms with Crippen LogP contribution in [0.3, 0.4) is 0 Å². The number of H-pyrrole nitrogens is 1. The number of fused-ring (bicyclic) bond motifs is 4. The number of aromatic amines is 1. The summed E-state index contributed by atoms with van der Waals surface area (Å²) in [4.78, 5) is 22.6. The van der Waals surface area contributed by atoms with Gasteiger partial charge in [0.1, 0.15) is 5.82 Å². The van der Waals surface area contributed by atoms with Gasteiger partial charge in [0.25, 0.3) is 0 Å². The molecule has 0 radical (unpaired) electrons. The third-order valence-electron chi connectivity index (χ3n) is 5.33. The Hall–Kier alpha value is -1.59. The van der Waals surface area contributed by atoms with Crippen molar-refractivity contribution in [3.8, 4) is 0 Å². The fraction of sp³-hybridized carbons (Fsp3) is 0.556. The lowest BCUT2D eigenvalue weighted by Gasteiger charge is -2.44. The minimum absolute atomic E-state index is 0.103. The van der Waals surface area contributed by atoms with Crippen LogP contribution in [0.4, 0.5) is 0 Å². The molecule has 2 N–H and O–H groups in total. The van der Waals surface area contributed by atoms with Crippen LogP contribution in [0, 0.1) is 5.92 Å². The van der Waals surface area contributed by atoms with E-state index in [1.54, 1.807) is 0 Å². The van der Waals surface area contributed by atoms with Gasteiger partial charge < -0.3 is 10.3 Å². The molecule has 3 aliphatic rings. The summed E-state index contributed by atoms with van der Waals surface area (Å²) in [5, 5.41) is 3.82. The predicted molar refractivity (Wildman–Crippen MR) is 95.1 cm³/mol. The number of aromatic nitrogens is 2. The van der Waals surface area contributed by atoms with E-state index in [2.05, 4.69) is 20.2 Å². The van der Waals surface area contributed by atoms with Crippen LogP contribution in [-0.4, -0.2) is 46.5 Å². The summed E-state index contributed by atoms with van der Waals surface area (Å²) < 4.78 is 0. The van der Waals surface area contributed by atoms with E-state index in [1.807, 2.05) is 18.2 Å². The van der Waals surface area contributed by atoms with E-state index in [-0.39, 0.29) is 11.9 Å². The van der Waals surface area contributed by atoms with Crippen LogP contribution in [0.15, 0.2) is 18.2 Å². The lowest BCUT2D eigenvalue weighted by molar-refractivity contribution is -0.130. The fourth-order valence-electron chi connectivity index (χ4n) is 3.98. The van der Waals surface area contributed by atoms with Crippen molar-refractivity contribution in [2.45, 2.75) is 38.1 Å². The molecular formula is C18H23ClN4O. The van der Waals surface area contributed by atoms with Gasteiger partial charge in [-0.2, -0.15) is 0 Å². The highest BCUT2D eigenvalue weighted by molar-refractivity contribution is 6.31. The lowest BCUT2D eigenvalue weighted by Crippen LogP contribution is -2.55. The molecule has 0 saturated carbocycles. The maximum atomic E-state index is 12.4. The maximum absolute atomic E-state index is 12.4. The van der Waals surface area contributed by atoms with E-state index in [4.69, 9.17) is 11.6 Å². The van der Waals surface area contributed by atoms with Crippen molar-refractivity contribution in [1.82, 2.24) is 20.2 Å². The number of benzene rings is 1. The molecule has 0 aliphatic carbocycles. The van der Waals surface area contributed by atoms with E-state index >= 15 is 0 Å². The number of rotatable bonds is 5. The first-order chi connectivity index (χ1) is 11.7. The van der Waals surface area contributed by atoms with Crippen molar-refractivity contribution in [2.75, 3.05) is 19.6 Å². The largest absolute Gasteiger partial charge is 0.355 e. The van der Waals surface area contributed by atoms with Crippen LogP contribution in [0.1, 0.15) is 31.5 Å². The zero-order valence-corrected chi connectivity index (χ0v) is 14.5. The second-order valence-electron chi connectivity index (χ2n) is 6.97. The third kappa shape index (κ3) is 3.28. The third-order valence-corrected chi connectivity index (χ3v) is 5.57. The number of hydrogen-bond donors (Lipinski definition) is 2. The topological polar surface area (TPSA) is 61.0 Å². The molecule has 5 nitrogen and oxygen atoms in total. The van der Waals surface area contributed by atoms with E-state index in [0.717, 1.165) is 55.1 Å². The molecule has 1 aromatic heterocycles. The van der Waals surface area contributed by atoms with Gasteiger partial charge in [0.2, 0.25) is 5.91 Å². The molecule has 5 rings (SSSR count). The van der Waals surface area contributed by atoms with Gasteiger partial charge in [0.05, 0.1) is 17.1 Å². The number of aryl methyl sites for hydroxylation is 1. The molecule has 0 spiro atoms. The molecule has 1 aromatic carbocycles. The van der Waals surface area contributed by atoms with Crippen LogP contribution >= 0.6 is 11.6 Å². The first-order valence-corrected chi connectivity index (χ1v) is 9.23. The van der Waals surface area contributed by atoms with Crippen molar-refractivity contribution in [3.05, 3.63) is 29.0 Å². The minimum Gasteiger partial charge on any atom is -0.355 e. The van der Waals surface area contributed by atoms with Gasteiger partial charge in [0, 0.05) is 18.0 Å². The molecule has 128 valence electrons. The Morgan fingerprint density at radius 1 is 1.38 bits per heavy atom. The summed E-state index contributed by atoms with van der Waals surface area (Å²) in [7, 11) is 0. The van der Waals surface area contributed by atoms with Crippen LogP contribution in [0.5, 0.6) is 0 Å². The maximum Gasteiger partial charge on any atom is 0.237 e. The second kappa shape index (κ2) is 6.73. The first kappa shape index (κ1) is 15.9. The Kier molecular flexibility index (Phi) is 4.46.